The summed E-state index contributed by atoms with van der Waals surface area (Å²) in [4.78, 5) is 9.80. The summed E-state index contributed by atoms with van der Waals surface area (Å²) in [5.74, 6) is 0.429. The number of methoxy groups -OCH3 is 1. The van der Waals surface area contributed by atoms with Gasteiger partial charge in [0.2, 0.25) is 5.95 Å². The second-order valence-electron chi connectivity index (χ2n) is 6.58. The molecule has 164 valence electrons. The fourth-order valence-electron chi connectivity index (χ4n) is 3.24. The number of nitrogens with one attached hydrogen (secondary N) is 2. The van der Waals surface area contributed by atoms with Crippen LogP contribution in [0.4, 0.5) is 40.7 Å². The summed E-state index contributed by atoms with van der Waals surface area (Å²) in [5, 5.41) is 5.27. The number of nitrogens with zero attached hydrogens (tertiary/aromatic N) is 3. The third-order valence-corrected chi connectivity index (χ3v) is 4.64. The molecule has 1 fully saturated rings. The van der Waals surface area contributed by atoms with Gasteiger partial charge in [0.1, 0.15) is 36.2 Å². The molecule has 3 rings (SSSR count). The minimum Gasteiger partial charge on any atom is -0.494 e. The van der Waals surface area contributed by atoms with E-state index in [1.165, 1.54) is 14.2 Å². The number of benzene rings is 1. The molecule has 0 radical (unpaired) electrons. The van der Waals surface area contributed by atoms with Crippen LogP contribution in [0.15, 0.2) is 18.3 Å². The van der Waals surface area contributed by atoms with E-state index in [0.29, 0.717) is 23.4 Å². The highest BCUT2D eigenvalue weighted by molar-refractivity contribution is 5.74. The van der Waals surface area contributed by atoms with Gasteiger partial charge in [0, 0.05) is 38.5 Å². The molecule has 1 aromatic carbocycles. The Morgan fingerprint density at radius 1 is 1.17 bits per heavy atom. The summed E-state index contributed by atoms with van der Waals surface area (Å²) in [5.41, 5.74) is 0.176. The first kappa shape index (κ1) is 21.7. The molecule has 2 N–H and O–H groups in total. The molecule has 0 atom stereocenters. The van der Waals surface area contributed by atoms with Crippen LogP contribution in [0.2, 0.25) is 0 Å². The highest BCUT2D eigenvalue weighted by Gasteiger charge is 2.35. The smallest absolute Gasteiger partial charge is 0.421 e. The molecule has 0 unspecified atom stereocenters. The predicted molar refractivity (Wildman–Crippen MR) is 106 cm³/mol. The Labute approximate surface area is 171 Å². The van der Waals surface area contributed by atoms with Crippen LogP contribution in [-0.2, 0) is 6.18 Å². The summed E-state index contributed by atoms with van der Waals surface area (Å²) < 4.78 is 62.9. The van der Waals surface area contributed by atoms with Gasteiger partial charge in [-0.1, -0.05) is 0 Å². The van der Waals surface area contributed by atoms with E-state index in [1.54, 1.807) is 12.1 Å². The van der Waals surface area contributed by atoms with Crippen molar-refractivity contribution in [2.24, 2.45) is 0 Å². The van der Waals surface area contributed by atoms with Gasteiger partial charge >= 0.3 is 6.18 Å². The molecule has 7 nitrogen and oxygen atoms in total. The molecule has 0 amide bonds. The van der Waals surface area contributed by atoms with Gasteiger partial charge in [0.15, 0.2) is 0 Å². The van der Waals surface area contributed by atoms with E-state index in [0.717, 1.165) is 31.6 Å². The molecular weight excluding hydrogens is 406 g/mol. The van der Waals surface area contributed by atoms with Crippen molar-refractivity contribution in [3.8, 4) is 11.5 Å². The van der Waals surface area contributed by atoms with Crippen molar-refractivity contribution in [3.63, 3.8) is 0 Å². The van der Waals surface area contributed by atoms with Gasteiger partial charge in [0.25, 0.3) is 0 Å². The van der Waals surface area contributed by atoms with Gasteiger partial charge in [-0.15, -0.1) is 0 Å². The zero-order chi connectivity index (χ0) is 21.7. The Morgan fingerprint density at radius 3 is 2.50 bits per heavy atom. The quantitative estimate of drug-likeness (QED) is 0.609. The van der Waals surface area contributed by atoms with Crippen molar-refractivity contribution in [2.75, 3.05) is 56.1 Å². The van der Waals surface area contributed by atoms with Crippen molar-refractivity contribution >= 4 is 23.1 Å². The zero-order valence-corrected chi connectivity index (χ0v) is 16.6. The van der Waals surface area contributed by atoms with Crippen LogP contribution in [0.5, 0.6) is 11.5 Å². The molecule has 0 spiro atoms. The van der Waals surface area contributed by atoms with Crippen molar-refractivity contribution in [2.45, 2.75) is 19.0 Å². The van der Waals surface area contributed by atoms with E-state index < -0.39 is 18.4 Å². The highest BCUT2D eigenvalue weighted by atomic mass is 19.4. The van der Waals surface area contributed by atoms with E-state index >= 15 is 0 Å². The molecule has 2 heterocycles. The molecule has 0 aliphatic carbocycles. The standard InChI is InChI=1S/C19H23F4N5O2/c1-24-17-12(19(21,22)23)11-25-18(27-17)26-13-9-16(29-2)14(28-6-3-4-7-28)10-15(13)30-8-5-20/h9-11H,3-8H2,1-2H3,(H2,24,25,26,27). The number of aromatic nitrogens is 2. The lowest BCUT2D eigenvalue weighted by Gasteiger charge is -2.23. The number of ether oxygens (including phenoxy) is 2. The van der Waals surface area contributed by atoms with Crippen LogP contribution in [-0.4, -0.2) is 50.5 Å². The van der Waals surface area contributed by atoms with Gasteiger partial charge < -0.3 is 25.0 Å². The fraction of sp³-hybridized carbons (Fsp3) is 0.474. The lowest BCUT2D eigenvalue weighted by molar-refractivity contribution is -0.137. The Hall–Kier alpha value is -2.98. The maximum absolute atomic E-state index is 13.1. The van der Waals surface area contributed by atoms with Crippen LogP contribution < -0.4 is 25.0 Å². The number of anilines is 4. The maximum atomic E-state index is 13.1. The third-order valence-electron chi connectivity index (χ3n) is 4.64. The summed E-state index contributed by atoms with van der Waals surface area (Å²) in [6.45, 7) is 0.861. The number of alkyl halides is 4. The topological polar surface area (TPSA) is 71.5 Å². The van der Waals surface area contributed by atoms with Crippen LogP contribution >= 0.6 is 0 Å². The molecule has 0 saturated carbocycles. The largest absolute Gasteiger partial charge is 0.494 e. The zero-order valence-electron chi connectivity index (χ0n) is 16.6. The Balaban J connectivity index is 1.97. The molecule has 1 aromatic heterocycles. The first-order valence-corrected chi connectivity index (χ1v) is 9.42. The number of rotatable bonds is 8. The van der Waals surface area contributed by atoms with Crippen molar-refractivity contribution in [3.05, 3.63) is 23.9 Å². The van der Waals surface area contributed by atoms with Gasteiger partial charge in [0.05, 0.1) is 18.5 Å². The number of halogens is 4. The monoisotopic (exact) mass is 429 g/mol. The summed E-state index contributed by atoms with van der Waals surface area (Å²) in [7, 11) is 2.86. The molecule has 1 aliphatic heterocycles. The van der Waals surface area contributed by atoms with E-state index in [9.17, 15) is 17.6 Å². The summed E-state index contributed by atoms with van der Waals surface area (Å²) in [6.07, 6.45) is -1.79. The van der Waals surface area contributed by atoms with Crippen molar-refractivity contribution < 1.29 is 27.0 Å². The SMILES string of the molecule is CNc1nc(Nc2cc(OC)c(N3CCCC3)cc2OCCF)ncc1C(F)(F)F. The molecular formula is C19H23F4N5O2. The second kappa shape index (κ2) is 9.23. The molecule has 0 bridgehead atoms. The second-order valence-corrected chi connectivity index (χ2v) is 6.58. The van der Waals surface area contributed by atoms with Gasteiger partial charge in [-0.05, 0) is 12.8 Å². The van der Waals surface area contributed by atoms with Crippen LogP contribution in [0, 0.1) is 0 Å². The summed E-state index contributed by atoms with van der Waals surface area (Å²) in [6, 6.07) is 3.37. The molecule has 11 heteroatoms. The Morgan fingerprint density at radius 2 is 1.90 bits per heavy atom. The average Bonchev–Trinajstić information content (AvgIpc) is 3.26. The fourth-order valence-corrected chi connectivity index (χ4v) is 3.24. The summed E-state index contributed by atoms with van der Waals surface area (Å²) >= 11 is 0. The average molecular weight is 429 g/mol. The number of hydrogen-bond donors (Lipinski definition) is 2. The maximum Gasteiger partial charge on any atom is 0.421 e. The minimum absolute atomic E-state index is 0.0755. The van der Waals surface area contributed by atoms with Crippen LogP contribution in [0.3, 0.4) is 0 Å². The van der Waals surface area contributed by atoms with E-state index in [4.69, 9.17) is 9.47 Å². The first-order valence-electron chi connectivity index (χ1n) is 9.42. The lowest BCUT2D eigenvalue weighted by atomic mass is 10.2. The van der Waals surface area contributed by atoms with Crippen molar-refractivity contribution in [1.82, 2.24) is 9.97 Å². The number of hydrogen-bond acceptors (Lipinski definition) is 7. The molecule has 30 heavy (non-hydrogen) atoms. The van der Waals surface area contributed by atoms with E-state index in [2.05, 4.69) is 25.5 Å². The Bertz CT molecular complexity index is 873. The molecule has 2 aromatic rings. The third kappa shape index (κ3) is 4.77. The van der Waals surface area contributed by atoms with Crippen molar-refractivity contribution in [1.29, 1.82) is 0 Å². The van der Waals surface area contributed by atoms with Crippen LogP contribution in [0.25, 0.3) is 0 Å². The first-order chi connectivity index (χ1) is 14.4. The highest BCUT2D eigenvalue weighted by Crippen LogP contribution is 2.41. The van der Waals surface area contributed by atoms with Gasteiger partial charge in [-0.3, -0.25) is 0 Å². The van der Waals surface area contributed by atoms with Gasteiger partial charge in [-0.25, -0.2) is 9.37 Å². The Kier molecular flexibility index (Phi) is 6.68. The van der Waals surface area contributed by atoms with Gasteiger partial charge in [-0.2, -0.15) is 18.2 Å². The molecule has 1 aliphatic rings. The minimum atomic E-state index is -4.59. The normalized spacial score (nSPS) is 14.0. The van der Waals surface area contributed by atoms with E-state index in [-0.39, 0.29) is 18.4 Å². The van der Waals surface area contributed by atoms with Crippen LogP contribution in [0.1, 0.15) is 18.4 Å². The predicted octanol–water partition coefficient (Wildman–Crippen LogP) is 4.24. The molecule has 1 saturated heterocycles. The lowest BCUT2D eigenvalue weighted by Crippen LogP contribution is -2.19. The van der Waals surface area contributed by atoms with E-state index in [1.807, 2.05) is 0 Å².